The van der Waals surface area contributed by atoms with Crippen LogP contribution in [-0.2, 0) is 0 Å². The van der Waals surface area contributed by atoms with Crippen molar-refractivity contribution in [3.8, 4) is 0 Å². The van der Waals surface area contributed by atoms with Crippen LogP contribution in [0.2, 0.25) is 0 Å². The molecule has 0 amide bonds. The third-order valence-corrected chi connectivity index (χ3v) is 2.43. The van der Waals surface area contributed by atoms with Gasteiger partial charge in [0, 0.05) is 18.0 Å². The number of nitrogens with zero attached hydrogens (tertiary/aromatic N) is 2. The monoisotopic (exact) mass is 177 g/mol. The number of aromatic nitrogens is 2. The van der Waals surface area contributed by atoms with Gasteiger partial charge in [0.25, 0.3) is 0 Å². The van der Waals surface area contributed by atoms with Crippen molar-refractivity contribution < 1.29 is 0 Å². The van der Waals surface area contributed by atoms with Crippen LogP contribution in [0.3, 0.4) is 0 Å². The molecule has 0 atom stereocenters. The Morgan fingerprint density at radius 1 is 1.46 bits per heavy atom. The highest BCUT2D eigenvalue weighted by Gasteiger charge is 2.27. The van der Waals surface area contributed by atoms with Gasteiger partial charge in [-0.1, -0.05) is 0 Å². The summed E-state index contributed by atoms with van der Waals surface area (Å²) in [5.74, 6) is 1.71. The minimum atomic E-state index is 0.709. The SMILES string of the molecule is CCNc1ncnc(C2CC2)c1C. The molecule has 1 saturated carbocycles. The van der Waals surface area contributed by atoms with Crippen molar-refractivity contribution in [3.63, 3.8) is 0 Å². The molecule has 1 heterocycles. The largest absolute Gasteiger partial charge is 0.370 e. The van der Waals surface area contributed by atoms with E-state index in [1.54, 1.807) is 6.33 Å². The smallest absolute Gasteiger partial charge is 0.132 e. The van der Waals surface area contributed by atoms with Gasteiger partial charge in [0.05, 0.1) is 5.69 Å². The lowest BCUT2D eigenvalue weighted by atomic mass is 10.1. The Bertz CT molecular complexity index is 305. The highest BCUT2D eigenvalue weighted by Crippen LogP contribution is 2.41. The van der Waals surface area contributed by atoms with Gasteiger partial charge in [0.15, 0.2) is 0 Å². The second-order valence-corrected chi connectivity index (χ2v) is 3.54. The van der Waals surface area contributed by atoms with Crippen molar-refractivity contribution in [1.29, 1.82) is 0 Å². The van der Waals surface area contributed by atoms with Crippen LogP contribution in [0.4, 0.5) is 5.82 Å². The summed E-state index contributed by atoms with van der Waals surface area (Å²) in [6.07, 6.45) is 4.26. The lowest BCUT2D eigenvalue weighted by Crippen LogP contribution is -2.04. The Morgan fingerprint density at radius 3 is 2.85 bits per heavy atom. The summed E-state index contributed by atoms with van der Waals surface area (Å²) in [6, 6.07) is 0. The maximum absolute atomic E-state index is 4.33. The molecule has 0 spiro atoms. The zero-order chi connectivity index (χ0) is 9.26. The summed E-state index contributed by atoms with van der Waals surface area (Å²) in [6.45, 7) is 5.10. The molecule has 1 aromatic rings. The predicted octanol–water partition coefficient (Wildman–Crippen LogP) is 2.09. The standard InChI is InChI=1S/C10H15N3/c1-3-11-10-7(2)9(8-4-5-8)12-6-13-10/h6,8H,3-5H2,1-2H3,(H,11,12,13). The molecule has 1 aromatic heterocycles. The first-order valence-corrected chi connectivity index (χ1v) is 4.88. The highest BCUT2D eigenvalue weighted by atomic mass is 15.0. The van der Waals surface area contributed by atoms with Gasteiger partial charge < -0.3 is 5.32 Å². The zero-order valence-corrected chi connectivity index (χ0v) is 8.17. The second kappa shape index (κ2) is 3.32. The first-order chi connectivity index (χ1) is 6.33. The van der Waals surface area contributed by atoms with E-state index < -0.39 is 0 Å². The van der Waals surface area contributed by atoms with Crippen LogP contribution in [0.5, 0.6) is 0 Å². The molecule has 3 heteroatoms. The fraction of sp³-hybridized carbons (Fsp3) is 0.600. The van der Waals surface area contributed by atoms with Crippen LogP contribution < -0.4 is 5.32 Å². The van der Waals surface area contributed by atoms with Gasteiger partial charge >= 0.3 is 0 Å². The van der Waals surface area contributed by atoms with E-state index in [0.717, 1.165) is 12.4 Å². The molecule has 1 N–H and O–H groups in total. The molecule has 13 heavy (non-hydrogen) atoms. The molecular formula is C10H15N3. The first kappa shape index (κ1) is 8.48. The molecule has 0 radical (unpaired) electrons. The van der Waals surface area contributed by atoms with E-state index in [2.05, 4.69) is 29.1 Å². The maximum atomic E-state index is 4.33. The van der Waals surface area contributed by atoms with E-state index in [0.29, 0.717) is 5.92 Å². The quantitative estimate of drug-likeness (QED) is 0.768. The Balaban J connectivity index is 2.30. The van der Waals surface area contributed by atoms with Crippen molar-refractivity contribution >= 4 is 5.82 Å². The van der Waals surface area contributed by atoms with Gasteiger partial charge in [-0.05, 0) is 26.7 Å². The Morgan fingerprint density at radius 2 is 2.23 bits per heavy atom. The van der Waals surface area contributed by atoms with Gasteiger partial charge in [-0.3, -0.25) is 0 Å². The number of rotatable bonds is 3. The summed E-state index contributed by atoms with van der Waals surface area (Å²) >= 11 is 0. The topological polar surface area (TPSA) is 37.8 Å². The van der Waals surface area contributed by atoms with Crippen LogP contribution in [-0.4, -0.2) is 16.5 Å². The molecule has 0 bridgehead atoms. The van der Waals surface area contributed by atoms with Crippen LogP contribution in [0, 0.1) is 6.92 Å². The lowest BCUT2D eigenvalue weighted by molar-refractivity contribution is 0.954. The minimum Gasteiger partial charge on any atom is -0.370 e. The molecule has 0 aromatic carbocycles. The summed E-state index contributed by atoms with van der Waals surface area (Å²) in [5, 5.41) is 3.25. The average molecular weight is 177 g/mol. The Labute approximate surface area is 78.6 Å². The van der Waals surface area contributed by atoms with Gasteiger partial charge in [-0.2, -0.15) is 0 Å². The third-order valence-electron chi connectivity index (χ3n) is 2.43. The Hall–Kier alpha value is -1.12. The van der Waals surface area contributed by atoms with E-state index in [-0.39, 0.29) is 0 Å². The lowest BCUT2D eigenvalue weighted by Gasteiger charge is -2.08. The zero-order valence-electron chi connectivity index (χ0n) is 8.17. The Kier molecular flexibility index (Phi) is 2.17. The van der Waals surface area contributed by atoms with Crippen molar-refractivity contribution in [2.24, 2.45) is 0 Å². The molecule has 0 aliphatic heterocycles. The number of hydrogen-bond donors (Lipinski definition) is 1. The summed E-state index contributed by atoms with van der Waals surface area (Å²) in [7, 11) is 0. The fourth-order valence-corrected chi connectivity index (χ4v) is 1.58. The molecule has 2 rings (SSSR count). The maximum Gasteiger partial charge on any atom is 0.132 e. The van der Waals surface area contributed by atoms with Crippen LogP contribution in [0.25, 0.3) is 0 Å². The van der Waals surface area contributed by atoms with Crippen molar-refractivity contribution in [2.75, 3.05) is 11.9 Å². The van der Waals surface area contributed by atoms with Crippen LogP contribution >= 0.6 is 0 Å². The average Bonchev–Trinajstić information content (AvgIpc) is 2.92. The van der Waals surface area contributed by atoms with Crippen LogP contribution in [0.1, 0.15) is 36.9 Å². The van der Waals surface area contributed by atoms with Crippen molar-refractivity contribution in [2.45, 2.75) is 32.6 Å². The molecule has 0 saturated heterocycles. The molecule has 0 unspecified atom stereocenters. The van der Waals surface area contributed by atoms with Crippen molar-refractivity contribution in [3.05, 3.63) is 17.6 Å². The third kappa shape index (κ3) is 1.64. The van der Waals surface area contributed by atoms with Gasteiger partial charge in [-0.25, -0.2) is 9.97 Å². The number of nitrogens with one attached hydrogen (secondary N) is 1. The minimum absolute atomic E-state index is 0.709. The molecule has 70 valence electrons. The number of anilines is 1. The van der Waals surface area contributed by atoms with Gasteiger partial charge in [0.1, 0.15) is 12.1 Å². The first-order valence-electron chi connectivity index (χ1n) is 4.88. The van der Waals surface area contributed by atoms with Gasteiger partial charge in [-0.15, -0.1) is 0 Å². The normalized spacial score (nSPS) is 15.8. The fourth-order valence-electron chi connectivity index (χ4n) is 1.58. The predicted molar refractivity (Wildman–Crippen MR) is 52.9 cm³/mol. The highest BCUT2D eigenvalue weighted by molar-refractivity contribution is 5.46. The van der Waals surface area contributed by atoms with E-state index in [4.69, 9.17) is 0 Å². The molecule has 1 fully saturated rings. The van der Waals surface area contributed by atoms with E-state index in [1.165, 1.54) is 24.1 Å². The van der Waals surface area contributed by atoms with Crippen LogP contribution in [0.15, 0.2) is 6.33 Å². The van der Waals surface area contributed by atoms with Gasteiger partial charge in [0.2, 0.25) is 0 Å². The summed E-state index contributed by atoms with van der Waals surface area (Å²) < 4.78 is 0. The molecule has 1 aliphatic rings. The van der Waals surface area contributed by atoms with E-state index in [1.807, 2.05) is 0 Å². The van der Waals surface area contributed by atoms with Crippen molar-refractivity contribution in [1.82, 2.24) is 9.97 Å². The van der Waals surface area contributed by atoms with E-state index >= 15 is 0 Å². The molecular weight excluding hydrogens is 162 g/mol. The summed E-state index contributed by atoms with van der Waals surface area (Å²) in [5.41, 5.74) is 2.47. The second-order valence-electron chi connectivity index (χ2n) is 3.54. The number of hydrogen-bond acceptors (Lipinski definition) is 3. The van der Waals surface area contributed by atoms with E-state index in [9.17, 15) is 0 Å². The molecule has 3 nitrogen and oxygen atoms in total. The molecule has 1 aliphatic carbocycles. The summed E-state index contributed by atoms with van der Waals surface area (Å²) in [4.78, 5) is 8.55.